The maximum atomic E-state index is 12.3. The van der Waals surface area contributed by atoms with E-state index in [4.69, 9.17) is 0 Å². The Balaban J connectivity index is 1.82. The Labute approximate surface area is 103 Å². The first kappa shape index (κ1) is 10.8. The number of carbonyl (C=O) groups excluding carboxylic acids is 1. The number of likely N-dealkylation sites (tertiary alicyclic amines) is 1. The van der Waals surface area contributed by atoms with Crippen molar-refractivity contribution in [3.05, 3.63) is 35.9 Å². The molecular formula is C15H19NO. The van der Waals surface area contributed by atoms with E-state index in [9.17, 15) is 4.79 Å². The van der Waals surface area contributed by atoms with Gasteiger partial charge in [-0.2, -0.15) is 0 Å². The fraction of sp³-hybridized carbons (Fsp3) is 0.533. The van der Waals surface area contributed by atoms with Crippen molar-refractivity contribution in [3.63, 3.8) is 0 Å². The SMILES string of the molecule is C[C@H](c1ccccc1)N1CC2CCC(C2)C1=O. The van der Waals surface area contributed by atoms with E-state index in [-0.39, 0.29) is 6.04 Å². The zero-order valence-electron chi connectivity index (χ0n) is 10.3. The first-order chi connectivity index (χ1) is 8.25. The van der Waals surface area contributed by atoms with E-state index in [0.29, 0.717) is 11.8 Å². The average molecular weight is 229 g/mol. The van der Waals surface area contributed by atoms with Crippen LogP contribution >= 0.6 is 0 Å². The fourth-order valence-electron chi connectivity index (χ4n) is 3.33. The summed E-state index contributed by atoms with van der Waals surface area (Å²) in [6, 6.07) is 10.6. The Morgan fingerprint density at radius 2 is 2.00 bits per heavy atom. The normalized spacial score (nSPS) is 29.5. The molecule has 1 aromatic rings. The Morgan fingerprint density at radius 1 is 1.24 bits per heavy atom. The summed E-state index contributed by atoms with van der Waals surface area (Å²) >= 11 is 0. The zero-order valence-corrected chi connectivity index (χ0v) is 10.3. The van der Waals surface area contributed by atoms with Crippen LogP contribution in [0.1, 0.15) is 37.8 Å². The predicted molar refractivity (Wildman–Crippen MR) is 67.4 cm³/mol. The molecule has 3 rings (SSSR count). The molecule has 90 valence electrons. The third kappa shape index (κ3) is 1.86. The molecule has 17 heavy (non-hydrogen) atoms. The van der Waals surface area contributed by atoms with Gasteiger partial charge in [0.1, 0.15) is 0 Å². The molecule has 1 amide bonds. The third-order valence-electron chi connectivity index (χ3n) is 4.38. The van der Waals surface area contributed by atoms with Gasteiger partial charge in [0, 0.05) is 12.5 Å². The highest BCUT2D eigenvalue weighted by atomic mass is 16.2. The maximum absolute atomic E-state index is 12.3. The van der Waals surface area contributed by atoms with Gasteiger partial charge >= 0.3 is 0 Å². The van der Waals surface area contributed by atoms with Gasteiger partial charge in [-0.05, 0) is 37.7 Å². The van der Waals surface area contributed by atoms with Crippen LogP contribution in [0.3, 0.4) is 0 Å². The molecule has 2 bridgehead atoms. The first-order valence-electron chi connectivity index (χ1n) is 6.61. The van der Waals surface area contributed by atoms with Crippen molar-refractivity contribution in [2.45, 2.75) is 32.2 Å². The number of amides is 1. The van der Waals surface area contributed by atoms with Crippen LogP contribution in [-0.4, -0.2) is 17.4 Å². The second kappa shape index (κ2) is 4.17. The van der Waals surface area contributed by atoms with E-state index in [1.165, 1.54) is 12.0 Å². The summed E-state index contributed by atoms with van der Waals surface area (Å²) in [5.41, 5.74) is 1.25. The van der Waals surface area contributed by atoms with Crippen LogP contribution in [0, 0.1) is 11.8 Å². The smallest absolute Gasteiger partial charge is 0.226 e. The van der Waals surface area contributed by atoms with Crippen molar-refractivity contribution in [3.8, 4) is 0 Å². The number of carbonyl (C=O) groups is 1. The second-order valence-electron chi connectivity index (χ2n) is 5.45. The largest absolute Gasteiger partial charge is 0.335 e. The molecule has 1 saturated heterocycles. The summed E-state index contributed by atoms with van der Waals surface area (Å²) in [5.74, 6) is 1.46. The molecule has 2 unspecified atom stereocenters. The van der Waals surface area contributed by atoms with Crippen molar-refractivity contribution in [1.82, 2.24) is 4.90 Å². The molecule has 0 spiro atoms. The lowest BCUT2D eigenvalue weighted by molar-refractivity contribution is -0.140. The number of hydrogen-bond acceptors (Lipinski definition) is 1. The maximum Gasteiger partial charge on any atom is 0.226 e. The Bertz CT molecular complexity index is 414. The highest BCUT2D eigenvalue weighted by molar-refractivity contribution is 5.80. The number of nitrogens with zero attached hydrogens (tertiary/aromatic N) is 1. The van der Waals surface area contributed by atoms with Crippen LogP contribution in [0.2, 0.25) is 0 Å². The van der Waals surface area contributed by atoms with E-state index >= 15 is 0 Å². The van der Waals surface area contributed by atoms with Gasteiger partial charge in [-0.3, -0.25) is 4.79 Å². The molecule has 1 heterocycles. The summed E-state index contributed by atoms with van der Waals surface area (Å²) in [6.45, 7) is 3.11. The van der Waals surface area contributed by atoms with E-state index in [1.807, 2.05) is 6.07 Å². The van der Waals surface area contributed by atoms with Gasteiger partial charge in [0.2, 0.25) is 5.91 Å². The quantitative estimate of drug-likeness (QED) is 0.763. The monoisotopic (exact) mass is 229 g/mol. The standard InChI is InChI=1S/C15H19NO/c1-11(13-5-3-2-4-6-13)16-10-12-7-8-14(9-12)15(16)17/h2-6,11-12,14H,7-10H2,1H3/t11-,12?,14?/m1/s1. The second-order valence-corrected chi connectivity index (χ2v) is 5.45. The fourth-order valence-corrected chi connectivity index (χ4v) is 3.33. The van der Waals surface area contributed by atoms with Crippen LogP contribution < -0.4 is 0 Å². The molecular weight excluding hydrogens is 210 g/mol. The molecule has 0 aromatic heterocycles. The van der Waals surface area contributed by atoms with Crippen molar-refractivity contribution < 1.29 is 4.79 Å². The van der Waals surface area contributed by atoms with Crippen LogP contribution in [0.4, 0.5) is 0 Å². The van der Waals surface area contributed by atoms with Crippen LogP contribution in [0.25, 0.3) is 0 Å². The summed E-state index contributed by atoms with van der Waals surface area (Å²) in [7, 11) is 0. The molecule has 1 aromatic carbocycles. The van der Waals surface area contributed by atoms with Crippen molar-refractivity contribution >= 4 is 5.91 Å². The van der Waals surface area contributed by atoms with E-state index in [0.717, 1.165) is 25.3 Å². The summed E-state index contributed by atoms with van der Waals surface area (Å²) in [5, 5.41) is 0. The minimum atomic E-state index is 0.229. The molecule has 0 N–H and O–H groups in total. The number of benzene rings is 1. The zero-order chi connectivity index (χ0) is 11.8. The van der Waals surface area contributed by atoms with Gasteiger partial charge in [-0.15, -0.1) is 0 Å². The highest BCUT2D eigenvalue weighted by Crippen LogP contribution is 2.40. The van der Waals surface area contributed by atoms with Gasteiger partial charge in [0.15, 0.2) is 0 Å². The molecule has 1 aliphatic heterocycles. The van der Waals surface area contributed by atoms with Crippen LogP contribution in [-0.2, 0) is 4.79 Å². The van der Waals surface area contributed by atoms with Gasteiger partial charge < -0.3 is 4.90 Å². The summed E-state index contributed by atoms with van der Waals surface area (Å²) < 4.78 is 0. The lowest BCUT2D eigenvalue weighted by atomic mass is 9.95. The minimum Gasteiger partial charge on any atom is -0.335 e. The highest BCUT2D eigenvalue weighted by Gasteiger charge is 2.40. The number of piperidine rings is 1. The molecule has 3 atom stereocenters. The molecule has 2 fully saturated rings. The average Bonchev–Trinajstić information content (AvgIpc) is 2.78. The van der Waals surface area contributed by atoms with E-state index in [2.05, 4.69) is 36.1 Å². The van der Waals surface area contributed by atoms with Crippen molar-refractivity contribution in [1.29, 1.82) is 0 Å². The number of fused-ring (bicyclic) bond motifs is 2. The molecule has 2 aliphatic rings. The van der Waals surface area contributed by atoms with Crippen molar-refractivity contribution in [2.24, 2.45) is 11.8 Å². The van der Waals surface area contributed by atoms with Crippen molar-refractivity contribution in [2.75, 3.05) is 6.54 Å². The number of rotatable bonds is 2. The van der Waals surface area contributed by atoms with Gasteiger partial charge in [0.25, 0.3) is 0 Å². The lowest BCUT2D eigenvalue weighted by Crippen LogP contribution is -2.43. The third-order valence-corrected chi connectivity index (χ3v) is 4.38. The van der Waals surface area contributed by atoms with E-state index < -0.39 is 0 Å². The first-order valence-corrected chi connectivity index (χ1v) is 6.61. The molecule has 2 nitrogen and oxygen atoms in total. The summed E-state index contributed by atoms with van der Waals surface area (Å²) in [6.07, 6.45) is 3.49. The Morgan fingerprint density at radius 3 is 2.76 bits per heavy atom. The number of hydrogen-bond donors (Lipinski definition) is 0. The van der Waals surface area contributed by atoms with Gasteiger partial charge in [-0.25, -0.2) is 0 Å². The predicted octanol–water partition coefficient (Wildman–Crippen LogP) is 3.01. The Hall–Kier alpha value is -1.31. The Kier molecular flexibility index (Phi) is 2.65. The van der Waals surface area contributed by atoms with Crippen LogP contribution in [0.5, 0.6) is 0 Å². The molecule has 1 aliphatic carbocycles. The summed E-state index contributed by atoms with van der Waals surface area (Å²) in [4.78, 5) is 14.4. The molecule has 0 radical (unpaired) electrons. The molecule has 2 heteroatoms. The van der Waals surface area contributed by atoms with Gasteiger partial charge in [-0.1, -0.05) is 30.3 Å². The minimum absolute atomic E-state index is 0.229. The molecule has 1 saturated carbocycles. The lowest BCUT2D eigenvalue weighted by Gasteiger charge is -2.36. The topological polar surface area (TPSA) is 20.3 Å². The van der Waals surface area contributed by atoms with Crippen LogP contribution in [0.15, 0.2) is 30.3 Å². The van der Waals surface area contributed by atoms with Gasteiger partial charge in [0.05, 0.1) is 6.04 Å². The van der Waals surface area contributed by atoms with E-state index in [1.54, 1.807) is 0 Å².